The van der Waals surface area contributed by atoms with Gasteiger partial charge < -0.3 is 14.8 Å². The number of ether oxygens (including phenoxy) is 2. The smallest absolute Gasteiger partial charge is 0.238 e. The van der Waals surface area contributed by atoms with Crippen molar-refractivity contribution in [1.82, 2.24) is 14.7 Å². The lowest BCUT2D eigenvalue weighted by atomic mass is 10.1. The molecule has 1 aliphatic rings. The predicted octanol–water partition coefficient (Wildman–Crippen LogP) is 7.08. The average molecular weight is 563 g/mol. The zero-order valence-corrected chi connectivity index (χ0v) is 23.4. The van der Waals surface area contributed by atoms with Crippen LogP contribution in [0.4, 0.5) is 10.1 Å². The molecule has 0 bridgehead atoms. The molecule has 7 nitrogen and oxygen atoms in total. The summed E-state index contributed by atoms with van der Waals surface area (Å²) in [6.45, 7) is 5.97. The summed E-state index contributed by atoms with van der Waals surface area (Å²) >= 11 is 6.28. The maximum Gasteiger partial charge on any atom is 0.238 e. The van der Waals surface area contributed by atoms with Gasteiger partial charge in [-0.15, -0.1) is 0 Å². The minimum absolute atomic E-state index is 0.173. The van der Waals surface area contributed by atoms with E-state index in [2.05, 4.69) is 10.2 Å². The fourth-order valence-electron chi connectivity index (χ4n) is 4.83. The van der Waals surface area contributed by atoms with Gasteiger partial charge in [-0.05, 0) is 94.3 Å². The Bertz CT molecular complexity index is 1490. The summed E-state index contributed by atoms with van der Waals surface area (Å²) < 4.78 is 27.5. The first-order valence-electron chi connectivity index (χ1n) is 13.4. The van der Waals surface area contributed by atoms with Gasteiger partial charge in [0.1, 0.15) is 5.82 Å². The molecule has 0 aliphatic carbocycles. The number of hydrogen-bond donors (Lipinski definition) is 1. The van der Waals surface area contributed by atoms with Crippen molar-refractivity contribution in [3.8, 4) is 22.9 Å². The first-order valence-corrected chi connectivity index (χ1v) is 13.8. The van der Waals surface area contributed by atoms with Crippen molar-refractivity contribution in [2.75, 3.05) is 25.0 Å². The summed E-state index contributed by atoms with van der Waals surface area (Å²) in [4.78, 5) is 15.5. The van der Waals surface area contributed by atoms with Gasteiger partial charge in [0.25, 0.3) is 0 Å². The fourth-order valence-corrected chi connectivity index (χ4v) is 5.00. The van der Waals surface area contributed by atoms with Gasteiger partial charge in [0.05, 0.1) is 30.2 Å². The van der Waals surface area contributed by atoms with E-state index in [9.17, 15) is 9.18 Å². The summed E-state index contributed by atoms with van der Waals surface area (Å²) in [5.74, 6) is 1.23. The number of aromatic nitrogens is 2. The standard InChI is InChI=1S/C31H32ClFN4O3/c1-21-26(22(2)37(35-21)25-13-11-24(33)12-14-25)19-36-16-6-3-7-17-39-29-8-4-5-9-30(29)40-28-15-10-23(32)18-27(28)34-31(38)20-36/h4-5,8-15,18H,3,6-7,16-17,19-20H2,1-2H3,(H,34,38). The van der Waals surface area contributed by atoms with Crippen molar-refractivity contribution >= 4 is 23.2 Å². The van der Waals surface area contributed by atoms with Crippen molar-refractivity contribution in [2.45, 2.75) is 39.7 Å². The maximum absolute atomic E-state index is 13.5. The molecule has 9 heteroatoms. The van der Waals surface area contributed by atoms with Crippen molar-refractivity contribution in [2.24, 2.45) is 0 Å². The molecule has 5 rings (SSSR count). The van der Waals surface area contributed by atoms with E-state index in [0.29, 0.717) is 41.1 Å². The summed E-state index contributed by atoms with van der Waals surface area (Å²) in [7, 11) is 0. The van der Waals surface area contributed by atoms with Gasteiger partial charge in [-0.3, -0.25) is 9.69 Å². The van der Waals surface area contributed by atoms with Gasteiger partial charge in [-0.2, -0.15) is 5.10 Å². The normalized spacial score (nSPS) is 15.1. The lowest BCUT2D eigenvalue weighted by molar-refractivity contribution is -0.117. The van der Waals surface area contributed by atoms with Crippen LogP contribution in [0.3, 0.4) is 0 Å². The van der Waals surface area contributed by atoms with E-state index < -0.39 is 0 Å². The molecule has 1 aromatic heterocycles. The molecule has 0 atom stereocenters. The summed E-state index contributed by atoms with van der Waals surface area (Å²) in [5, 5.41) is 8.19. The first-order chi connectivity index (χ1) is 19.4. The Labute approximate surface area is 238 Å². The topological polar surface area (TPSA) is 68.6 Å². The Hall–Kier alpha value is -3.88. The van der Waals surface area contributed by atoms with E-state index in [0.717, 1.165) is 48.4 Å². The number of benzene rings is 3. The average Bonchev–Trinajstić information content (AvgIpc) is 3.20. The lowest BCUT2D eigenvalue weighted by Crippen LogP contribution is -2.34. The zero-order chi connectivity index (χ0) is 28.1. The van der Waals surface area contributed by atoms with Crippen LogP contribution < -0.4 is 14.8 Å². The number of carbonyl (C=O) groups is 1. The van der Waals surface area contributed by atoms with Crippen molar-refractivity contribution < 1.29 is 18.7 Å². The number of para-hydroxylation sites is 2. The number of fused-ring (bicyclic) bond motifs is 2. The molecule has 4 aromatic rings. The molecule has 0 fully saturated rings. The third kappa shape index (κ3) is 6.63. The largest absolute Gasteiger partial charge is 0.490 e. The number of halogens is 2. The third-order valence-electron chi connectivity index (χ3n) is 6.92. The molecular weight excluding hydrogens is 531 g/mol. The Balaban J connectivity index is 1.39. The van der Waals surface area contributed by atoms with Crippen molar-refractivity contribution in [3.05, 3.63) is 94.5 Å². The number of anilines is 1. The number of hydrogen-bond acceptors (Lipinski definition) is 5. The predicted molar refractivity (Wildman–Crippen MR) is 154 cm³/mol. The van der Waals surface area contributed by atoms with Gasteiger partial charge in [0.2, 0.25) is 5.91 Å². The second kappa shape index (κ2) is 12.5. The summed E-state index contributed by atoms with van der Waals surface area (Å²) in [5.41, 5.74) is 4.14. The Kier molecular flexibility index (Phi) is 8.67. The molecule has 40 heavy (non-hydrogen) atoms. The van der Waals surface area contributed by atoms with Crippen LogP contribution in [-0.4, -0.2) is 40.3 Å². The number of amides is 1. The fraction of sp³-hybridized carbons (Fsp3) is 0.290. The van der Waals surface area contributed by atoms with E-state index in [1.165, 1.54) is 12.1 Å². The molecule has 0 unspecified atom stereocenters. The van der Waals surface area contributed by atoms with Gasteiger partial charge in [-0.1, -0.05) is 23.7 Å². The number of nitrogens with zero attached hydrogens (tertiary/aromatic N) is 3. The molecule has 1 aliphatic heterocycles. The second-order valence-corrected chi connectivity index (χ2v) is 10.3. The maximum atomic E-state index is 13.5. The van der Waals surface area contributed by atoms with E-state index in [1.807, 2.05) is 42.8 Å². The molecule has 0 saturated heterocycles. The van der Waals surface area contributed by atoms with Gasteiger partial charge in [0, 0.05) is 22.8 Å². The van der Waals surface area contributed by atoms with Crippen LogP contribution in [0.25, 0.3) is 5.69 Å². The highest BCUT2D eigenvalue weighted by Crippen LogP contribution is 2.36. The minimum Gasteiger partial charge on any atom is -0.490 e. The third-order valence-corrected chi connectivity index (χ3v) is 7.16. The van der Waals surface area contributed by atoms with Crippen molar-refractivity contribution in [3.63, 3.8) is 0 Å². The van der Waals surface area contributed by atoms with Crippen LogP contribution in [0.2, 0.25) is 5.02 Å². The number of aryl methyl sites for hydroxylation is 1. The van der Waals surface area contributed by atoms with E-state index in [-0.39, 0.29) is 18.3 Å². The van der Waals surface area contributed by atoms with E-state index in [1.54, 1.807) is 30.3 Å². The molecule has 3 aromatic carbocycles. The lowest BCUT2D eigenvalue weighted by Gasteiger charge is -2.22. The highest BCUT2D eigenvalue weighted by Gasteiger charge is 2.20. The van der Waals surface area contributed by atoms with Gasteiger partial charge in [0.15, 0.2) is 17.2 Å². The summed E-state index contributed by atoms with van der Waals surface area (Å²) in [6.07, 6.45) is 2.73. The summed E-state index contributed by atoms with van der Waals surface area (Å²) in [6, 6.07) is 18.9. The van der Waals surface area contributed by atoms with Crippen LogP contribution in [0.1, 0.15) is 36.2 Å². The molecule has 2 heterocycles. The minimum atomic E-state index is -0.291. The Morgan fingerprint density at radius 1 is 0.975 bits per heavy atom. The first kappa shape index (κ1) is 27.7. The molecule has 0 radical (unpaired) electrons. The second-order valence-electron chi connectivity index (χ2n) is 9.89. The van der Waals surface area contributed by atoms with Crippen LogP contribution in [-0.2, 0) is 11.3 Å². The number of rotatable bonds is 3. The SMILES string of the molecule is Cc1nn(-c2ccc(F)cc2)c(C)c1CN1CCCCCOc2ccccc2Oc2ccc(Cl)cc2NC(=O)C1. The van der Waals surface area contributed by atoms with Crippen LogP contribution >= 0.6 is 11.6 Å². The van der Waals surface area contributed by atoms with Gasteiger partial charge in [-0.25, -0.2) is 9.07 Å². The van der Waals surface area contributed by atoms with Crippen LogP contribution in [0, 0.1) is 19.7 Å². The monoisotopic (exact) mass is 562 g/mol. The molecule has 1 amide bonds. The highest BCUT2D eigenvalue weighted by atomic mass is 35.5. The zero-order valence-electron chi connectivity index (χ0n) is 22.6. The molecule has 0 spiro atoms. The quantitative estimate of drug-likeness (QED) is 0.289. The molecular formula is C31H32ClFN4O3. The van der Waals surface area contributed by atoms with E-state index in [4.69, 9.17) is 26.2 Å². The molecule has 208 valence electrons. The van der Waals surface area contributed by atoms with Crippen molar-refractivity contribution in [1.29, 1.82) is 0 Å². The number of nitrogens with one attached hydrogen (secondary N) is 1. The van der Waals surface area contributed by atoms with E-state index >= 15 is 0 Å². The molecule has 1 N–H and O–H groups in total. The number of carbonyl (C=O) groups excluding carboxylic acids is 1. The molecule has 0 saturated carbocycles. The van der Waals surface area contributed by atoms with Gasteiger partial charge >= 0.3 is 0 Å². The Morgan fingerprint density at radius 2 is 1.75 bits per heavy atom. The Morgan fingerprint density at radius 3 is 2.55 bits per heavy atom. The highest BCUT2D eigenvalue weighted by molar-refractivity contribution is 6.31. The van der Waals surface area contributed by atoms with Crippen LogP contribution in [0.15, 0.2) is 66.7 Å². The van der Waals surface area contributed by atoms with Crippen LogP contribution in [0.5, 0.6) is 17.2 Å².